The van der Waals surface area contributed by atoms with Crippen molar-refractivity contribution in [1.29, 1.82) is 0 Å². The summed E-state index contributed by atoms with van der Waals surface area (Å²) in [4.78, 5) is 16.0. The predicted octanol–water partition coefficient (Wildman–Crippen LogP) is 1.47. The third-order valence-electron chi connectivity index (χ3n) is 3.64. The SMILES string of the molecule is Cc1cc(NC(=O)[C@@H](N)CCCN=C(N)N)cc2ccccc12. The van der Waals surface area contributed by atoms with Gasteiger partial charge in [0.2, 0.25) is 5.91 Å². The van der Waals surface area contributed by atoms with Crippen LogP contribution in [0.5, 0.6) is 0 Å². The fourth-order valence-electron chi connectivity index (χ4n) is 2.46. The van der Waals surface area contributed by atoms with Crippen molar-refractivity contribution in [3.63, 3.8) is 0 Å². The number of rotatable bonds is 6. The van der Waals surface area contributed by atoms with Crippen LogP contribution in [-0.2, 0) is 4.79 Å². The number of nitrogens with two attached hydrogens (primary N) is 3. The molecule has 6 nitrogen and oxygen atoms in total. The minimum atomic E-state index is -0.587. The largest absolute Gasteiger partial charge is 0.370 e. The third kappa shape index (κ3) is 4.69. The summed E-state index contributed by atoms with van der Waals surface area (Å²) in [7, 11) is 0. The number of benzene rings is 2. The smallest absolute Gasteiger partial charge is 0.241 e. The summed E-state index contributed by atoms with van der Waals surface area (Å²) in [5.74, 6) is -0.154. The van der Waals surface area contributed by atoms with Gasteiger partial charge < -0.3 is 22.5 Å². The van der Waals surface area contributed by atoms with Gasteiger partial charge in [0.1, 0.15) is 0 Å². The van der Waals surface area contributed by atoms with E-state index >= 15 is 0 Å². The zero-order valence-electron chi connectivity index (χ0n) is 13.3. The van der Waals surface area contributed by atoms with Gasteiger partial charge in [-0.3, -0.25) is 9.79 Å². The molecule has 0 aliphatic heterocycles. The number of hydrogen-bond donors (Lipinski definition) is 4. The van der Waals surface area contributed by atoms with Crippen LogP contribution >= 0.6 is 0 Å². The average Bonchev–Trinajstić information content (AvgIpc) is 2.51. The molecular formula is C17H23N5O. The first kappa shape index (κ1) is 16.8. The van der Waals surface area contributed by atoms with E-state index in [-0.39, 0.29) is 11.9 Å². The molecule has 0 aliphatic rings. The number of aryl methyl sites for hydroxylation is 1. The second-order valence-corrected chi connectivity index (χ2v) is 5.56. The van der Waals surface area contributed by atoms with Crippen LogP contribution in [-0.4, -0.2) is 24.5 Å². The number of carbonyl (C=O) groups is 1. The van der Waals surface area contributed by atoms with Crippen LogP contribution < -0.4 is 22.5 Å². The van der Waals surface area contributed by atoms with Gasteiger partial charge in [0.15, 0.2) is 5.96 Å². The molecule has 0 aliphatic carbocycles. The number of aliphatic imine (C=N–C) groups is 1. The Labute approximate surface area is 135 Å². The fraction of sp³-hybridized carbons (Fsp3) is 0.294. The highest BCUT2D eigenvalue weighted by molar-refractivity contribution is 5.98. The van der Waals surface area contributed by atoms with Crippen molar-refractivity contribution < 1.29 is 4.79 Å². The Hall–Kier alpha value is -2.60. The van der Waals surface area contributed by atoms with E-state index in [2.05, 4.69) is 16.4 Å². The van der Waals surface area contributed by atoms with Crippen LogP contribution in [0.4, 0.5) is 5.69 Å². The Morgan fingerprint density at radius 1 is 1.26 bits per heavy atom. The second-order valence-electron chi connectivity index (χ2n) is 5.56. The molecule has 0 spiro atoms. The van der Waals surface area contributed by atoms with E-state index in [0.717, 1.165) is 16.6 Å². The number of carbonyl (C=O) groups excluding carboxylic acids is 1. The lowest BCUT2D eigenvalue weighted by Gasteiger charge is -2.13. The van der Waals surface area contributed by atoms with Crippen LogP contribution in [0, 0.1) is 6.92 Å². The molecule has 0 saturated heterocycles. The summed E-state index contributed by atoms with van der Waals surface area (Å²) >= 11 is 0. The van der Waals surface area contributed by atoms with Crippen molar-refractivity contribution in [1.82, 2.24) is 0 Å². The topological polar surface area (TPSA) is 120 Å². The zero-order valence-corrected chi connectivity index (χ0v) is 13.3. The Bertz CT molecular complexity index is 722. The van der Waals surface area contributed by atoms with Gasteiger partial charge in [-0.15, -0.1) is 0 Å². The molecule has 2 rings (SSSR count). The lowest BCUT2D eigenvalue weighted by Crippen LogP contribution is -2.35. The van der Waals surface area contributed by atoms with Crippen molar-refractivity contribution in [3.05, 3.63) is 42.0 Å². The molecule has 23 heavy (non-hydrogen) atoms. The Kier molecular flexibility index (Phi) is 5.54. The minimum absolute atomic E-state index is 0.0506. The Morgan fingerprint density at radius 3 is 2.74 bits per heavy atom. The van der Waals surface area contributed by atoms with Crippen LogP contribution in [0.2, 0.25) is 0 Å². The number of nitrogens with one attached hydrogen (secondary N) is 1. The highest BCUT2D eigenvalue weighted by Gasteiger charge is 2.13. The van der Waals surface area contributed by atoms with Gasteiger partial charge in [0, 0.05) is 12.2 Å². The van der Waals surface area contributed by atoms with Crippen LogP contribution in [0.1, 0.15) is 18.4 Å². The van der Waals surface area contributed by atoms with Crippen molar-refractivity contribution >= 4 is 28.3 Å². The summed E-state index contributed by atoms with van der Waals surface area (Å²) in [5, 5.41) is 5.14. The van der Waals surface area contributed by atoms with E-state index in [1.165, 1.54) is 5.39 Å². The number of nitrogens with zero attached hydrogens (tertiary/aromatic N) is 1. The molecular weight excluding hydrogens is 290 g/mol. The number of anilines is 1. The van der Waals surface area contributed by atoms with Crippen LogP contribution in [0.15, 0.2) is 41.4 Å². The van der Waals surface area contributed by atoms with Crippen molar-refractivity contribution in [2.75, 3.05) is 11.9 Å². The van der Waals surface area contributed by atoms with Gasteiger partial charge in [-0.1, -0.05) is 24.3 Å². The molecule has 122 valence electrons. The number of guanidine groups is 1. The summed E-state index contributed by atoms with van der Waals surface area (Å²) in [6.07, 6.45) is 1.18. The molecule has 2 aromatic carbocycles. The molecule has 0 aromatic heterocycles. The van der Waals surface area contributed by atoms with Crippen molar-refractivity contribution in [3.8, 4) is 0 Å². The molecule has 1 atom stereocenters. The third-order valence-corrected chi connectivity index (χ3v) is 3.64. The highest BCUT2D eigenvalue weighted by atomic mass is 16.2. The van der Waals surface area contributed by atoms with Gasteiger partial charge >= 0.3 is 0 Å². The molecule has 0 radical (unpaired) electrons. The van der Waals surface area contributed by atoms with Gasteiger partial charge in [-0.25, -0.2) is 0 Å². The van der Waals surface area contributed by atoms with E-state index < -0.39 is 6.04 Å². The maximum Gasteiger partial charge on any atom is 0.241 e. The number of hydrogen-bond acceptors (Lipinski definition) is 3. The predicted molar refractivity (Wildman–Crippen MR) is 95.2 cm³/mol. The molecule has 0 unspecified atom stereocenters. The molecule has 6 heteroatoms. The van der Waals surface area contributed by atoms with Gasteiger partial charge in [0.05, 0.1) is 6.04 Å². The van der Waals surface area contributed by atoms with Crippen LogP contribution in [0.25, 0.3) is 10.8 Å². The second kappa shape index (κ2) is 7.60. The molecule has 0 fully saturated rings. The summed E-state index contributed by atoms with van der Waals surface area (Å²) in [6, 6.07) is 11.4. The maximum absolute atomic E-state index is 12.2. The molecule has 0 bridgehead atoms. The standard InChI is InChI=1S/C17H23N5O/c1-11-9-13(10-12-5-2-3-6-14(11)12)22-16(23)15(18)7-4-8-21-17(19)20/h2-3,5-6,9-10,15H,4,7-8,18H2,1H3,(H,22,23)(H4,19,20,21)/t15-/m0/s1. The quantitative estimate of drug-likeness (QED) is 0.366. The first-order valence-electron chi connectivity index (χ1n) is 7.58. The monoisotopic (exact) mass is 313 g/mol. The van der Waals surface area contributed by atoms with E-state index in [0.29, 0.717) is 19.4 Å². The summed E-state index contributed by atoms with van der Waals surface area (Å²) in [5.41, 5.74) is 18.3. The van der Waals surface area contributed by atoms with Gasteiger partial charge in [-0.05, 0) is 48.2 Å². The normalized spacial score (nSPS) is 11.9. The van der Waals surface area contributed by atoms with E-state index in [4.69, 9.17) is 17.2 Å². The zero-order chi connectivity index (χ0) is 16.8. The first-order chi connectivity index (χ1) is 11.0. The molecule has 1 amide bonds. The Balaban J connectivity index is 1.98. The van der Waals surface area contributed by atoms with E-state index in [1.807, 2.05) is 37.3 Å². The molecule has 0 heterocycles. The lowest BCUT2D eigenvalue weighted by molar-refractivity contribution is -0.117. The summed E-state index contributed by atoms with van der Waals surface area (Å²) < 4.78 is 0. The number of fused-ring (bicyclic) bond motifs is 1. The maximum atomic E-state index is 12.2. The highest BCUT2D eigenvalue weighted by Crippen LogP contribution is 2.23. The van der Waals surface area contributed by atoms with E-state index in [9.17, 15) is 4.79 Å². The number of amides is 1. The van der Waals surface area contributed by atoms with Gasteiger partial charge in [0.25, 0.3) is 0 Å². The molecule has 2 aromatic rings. The lowest BCUT2D eigenvalue weighted by atomic mass is 10.0. The average molecular weight is 313 g/mol. The first-order valence-corrected chi connectivity index (χ1v) is 7.58. The van der Waals surface area contributed by atoms with Gasteiger partial charge in [-0.2, -0.15) is 0 Å². The van der Waals surface area contributed by atoms with Crippen molar-refractivity contribution in [2.45, 2.75) is 25.8 Å². The Morgan fingerprint density at radius 2 is 2.00 bits per heavy atom. The molecule has 7 N–H and O–H groups in total. The fourth-order valence-corrected chi connectivity index (χ4v) is 2.46. The minimum Gasteiger partial charge on any atom is -0.370 e. The van der Waals surface area contributed by atoms with Crippen molar-refractivity contribution in [2.24, 2.45) is 22.2 Å². The molecule has 0 saturated carbocycles. The van der Waals surface area contributed by atoms with Crippen LogP contribution in [0.3, 0.4) is 0 Å². The summed E-state index contributed by atoms with van der Waals surface area (Å²) in [6.45, 7) is 2.49. The van der Waals surface area contributed by atoms with E-state index in [1.54, 1.807) is 0 Å².